The largest absolute Gasteiger partial charge is 0.394 e. The lowest BCUT2D eigenvalue weighted by molar-refractivity contribution is -0.155. The molecule has 15 nitrogen and oxygen atoms in total. The van der Waals surface area contributed by atoms with Crippen molar-refractivity contribution >= 4 is 17.7 Å². The Bertz CT molecular complexity index is 1430. The number of nitrogens with zero attached hydrogens (tertiary/aromatic N) is 3. The Kier molecular flexibility index (Phi) is 6.71. The van der Waals surface area contributed by atoms with Gasteiger partial charge in [0.05, 0.1) is 23.8 Å². The second kappa shape index (κ2) is 9.70. The summed E-state index contributed by atoms with van der Waals surface area (Å²) in [6, 6.07) is 1.05. The topological polar surface area (TPSA) is 209 Å². The average Bonchev–Trinajstić information content (AvgIpc) is 3.52. The Morgan fingerprint density at radius 2 is 1.73 bits per heavy atom. The monoisotopic (exact) mass is 539 g/mol. The van der Waals surface area contributed by atoms with Crippen molar-refractivity contribution in [1.29, 1.82) is 0 Å². The molecule has 2 aromatic heterocycles. The quantitative estimate of drug-likeness (QED) is 0.255. The maximum Gasteiger partial charge on any atom is 0.330 e. The normalized spacial score (nSPS) is 33.9. The molecule has 8 atom stereocenters. The van der Waals surface area contributed by atoms with Gasteiger partial charge in [0.1, 0.15) is 18.4 Å². The number of aromatic nitrogens is 4. The van der Waals surface area contributed by atoms with Crippen molar-refractivity contribution in [3.8, 4) is 0 Å². The molecule has 5 N–H and O–H groups in total. The SMILES string of the molecule is Cc1cn([C@H]2C[C@H]([C@@H]3SCC(=O)N3[C@H]3O[C@@H](n4ccc(=O)[nH]c4=O)[C@H](O)[C@@H]3O)[C@@H](CO)O2)c(=O)[nH]c1=O. The van der Waals surface area contributed by atoms with E-state index in [-0.39, 0.29) is 12.2 Å². The molecule has 0 saturated carbocycles. The van der Waals surface area contributed by atoms with Crippen LogP contribution in [0.4, 0.5) is 0 Å². The lowest BCUT2D eigenvalue weighted by Gasteiger charge is -2.35. The fourth-order valence-electron chi connectivity index (χ4n) is 5.00. The van der Waals surface area contributed by atoms with Crippen LogP contribution in [0.1, 0.15) is 24.4 Å². The molecule has 0 aromatic carbocycles. The van der Waals surface area contributed by atoms with E-state index in [1.165, 1.54) is 34.3 Å². The number of aliphatic hydroxyl groups is 3. The number of hydrogen-bond donors (Lipinski definition) is 5. The number of thioether (sulfide) groups is 1. The Labute approximate surface area is 211 Å². The second-order valence-electron chi connectivity index (χ2n) is 9.11. The van der Waals surface area contributed by atoms with E-state index in [0.717, 1.165) is 16.8 Å². The first-order valence-electron chi connectivity index (χ1n) is 11.4. The molecule has 16 heteroatoms. The molecule has 0 aliphatic carbocycles. The van der Waals surface area contributed by atoms with Crippen molar-refractivity contribution in [3.63, 3.8) is 0 Å². The number of aromatic amines is 2. The summed E-state index contributed by atoms with van der Waals surface area (Å²) in [5.74, 6) is -0.903. The zero-order valence-corrected chi connectivity index (χ0v) is 20.2. The predicted molar refractivity (Wildman–Crippen MR) is 126 cm³/mol. The molecule has 37 heavy (non-hydrogen) atoms. The van der Waals surface area contributed by atoms with Crippen LogP contribution in [-0.2, 0) is 14.3 Å². The number of carbonyl (C=O) groups excluding carboxylic acids is 1. The van der Waals surface area contributed by atoms with Crippen molar-refractivity contribution in [2.45, 2.75) is 55.7 Å². The van der Waals surface area contributed by atoms with Gasteiger partial charge in [0, 0.05) is 36.4 Å². The number of hydrogen-bond acceptors (Lipinski definition) is 11. The lowest BCUT2D eigenvalue weighted by atomic mass is 9.99. The zero-order valence-electron chi connectivity index (χ0n) is 19.4. The fourth-order valence-corrected chi connectivity index (χ4v) is 6.39. The maximum absolute atomic E-state index is 12.9. The van der Waals surface area contributed by atoms with Crippen LogP contribution in [0.2, 0.25) is 0 Å². The standard InChI is InChI=1S/C21H25N5O10S/c1-8-5-25(21(34)23-16(8)32)13-4-9(10(6-27)35-13)19-26(12(29)7-37-19)18-15(31)14(30)17(36-18)24-3-2-11(28)22-20(24)33/h2-3,5,9-10,13-15,17-19,27,30-31H,4,6-7H2,1H3,(H,22,28,33)(H,23,32,34)/t9-,10+,13+,14+,15-,17+,18-,19-/m0/s1. The highest BCUT2D eigenvalue weighted by molar-refractivity contribution is 8.01. The number of carbonyl (C=O) groups is 1. The van der Waals surface area contributed by atoms with Gasteiger partial charge in [0.25, 0.3) is 11.1 Å². The minimum absolute atomic E-state index is 0.0215. The molecule has 3 saturated heterocycles. The maximum atomic E-state index is 12.9. The van der Waals surface area contributed by atoms with Gasteiger partial charge in [-0.25, -0.2) is 9.59 Å². The van der Waals surface area contributed by atoms with Crippen molar-refractivity contribution in [1.82, 2.24) is 24.0 Å². The molecule has 0 unspecified atom stereocenters. The molecule has 0 bridgehead atoms. The smallest absolute Gasteiger partial charge is 0.330 e. The molecule has 0 radical (unpaired) electrons. The van der Waals surface area contributed by atoms with E-state index in [9.17, 15) is 39.3 Å². The number of rotatable bonds is 5. The zero-order chi connectivity index (χ0) is 26.6. The third-order valence-corrected chi connectivity index (χ3v) is 8.17. The Morgan fingerprint density at radius 3 is 2.43 bits per heavy atom. The minimum atomic E-state index is -1.60. The Balaban J connectivity index is 1.43. The van der Waals surface area contributed by atoms with Crippen LogP contribution < -0.4 is 22.5 Å². The number of nitrogens with one attached hydrogen (secondary N) is 2. The van der Waals surface area contributed by atoms with Gasteiger partial charge in [-0.15, -0.1) is 11.8 Å². The van der Waals surface area contributed by atoms with Crippen molar-refractivity contribution in [2.24, 2.45) is 5.92 Å². The van der Waals surface area contributed by atoms with Gasteiger partial charge < -0.3 is 29.7 Å². The Morgan fingerprint density at radius 1 is 1.03 bits per heavy atom. The number of aryl methyl sites for hydroxylation is 1. The Hall–Kier alpha value is -3.02. The first kappa shape index (κ1) is 25.6. The molecule has 5 heterocycles. The second-order valence-corrected chi connectivity index (χ2v) is 10.2. The van der Waals surface area contributed by atoms with Crippen molar-refractivity contribution in [3.05, 3.63) is 65.7 Å². The van der Waals surface area contributed by atoms with Crippen LogP contribution in [0.5, 0.6) is 0 Å². The molecule has 5 rings (SSSR count). The summed E-state index contributed by atoms with van der Waals surface area (Å²) in [6.07, 6.45) is -4.89. The third-order valence-electron chi connectivity index (χ3n) is 6.84. The first-order valence-corrected chi connectivity index (χ1v) is 12.5. The van der Waals surface area contributed by atoms with Gasteiger partial charge in [0.2, 0.25) is 5.91 Å². The summed E-state index contributed by atoms with van der Waals surface area (Å²) in [7, 11) is 0. The van der Waals surface area contributed by atoms with Crippen LogP contribution in [0.3, 0.4) is 0 Å². The van der Waals surface area contributed by atoms with Gasteiger partial charge >= 0.3 is 11.4 Å². The van der Waals surface area contributed by atoms with Crippen LogP contribution in [-0.4, -0.2) is 87.5 Å². The molecular weight excluding hydrogens is 514 g/mol. The summed E-state index contributed by atoms with van der Waals surface area (Å²) >= 11 is 1.23. The summed E-state index contributed by atoms with van der Waals surface area (Å²) in [6.45, 7) is 1.11. The minimum Gasteiger partial charge on any atom is -0.394 e. The van der Waals surface area contributed by atoms with Gasteiger partial charge in [-0.2, -0.15) is 0 Å². The van der Waals surface area contributed by atoms with Gasteiger partial charge in [0.15, 0.2) is 12.5 Å². The first-order chi connectivity index (χ1) is 17.6. The van der Waals surface area contributed by atoms with E-state index < -0.39 is 83.3 Å². The molecule has 0 spiro atoms. The highest BCUT2D eigenvalue weighted by Crippen LogP contribution is 2.45. The predicted octanol–water partition coefficient (Wildman–Crippen LogP) is -3.23. The number of ether oxygens (including phenoxy) is 2. The van der Waals surface area contributed by atoms with Crippen LogP contribution >= 0.6 is 11.8 Å². The van der Waals surface area contributed by atoms with E-state index in [1.54, 1.807) is 0 Å². The van der Waals surface area contributed by atoms with Gasteiger partial charge in [-0.3, -0.25) is 33.5 Å². The number of H-pyrrole nitrogens is 2. The van der Waals surface area contributed by atoms with Crippen LogP contribution in [0.15, 0.2) is 37.6 Å². The van der Waals surface area contributed by atoms with Gasteiger partial charge in [-0.05, 0) is 6.92 Å². The fraction of sp³-hybridized carbons (Fsp3) is 0.571. The number of aliphatic hydroxyl groups excluding tert-OH is 3. The van der Waals surface area contributed by atoms with Crippen LogP contribution in [0.25, 0.3) is 0 Å². The highest BCUT2D eigenvalue weighted by atomic mass is 32.2. The van der Waals surface area contributed by atoms with Crippen molar-refractivity contribution < 1.29 is 29.6 Å². The van der Waals surface area contributed by atoms with Gasteiger partial charge in [-0.1, -0.05) is 0 Å². The summed E-state index contributed by atoms with van der Waals surface area (Å²) in [5, 5.41) is 30.8. The summed E-state index contributed by atoms with van der Waals surface area (Å²) in [5.41, 5.74) is -2.44. The van der Waals surface area contributed by atoms with Crippen LogP contribution in [0, 0.1) is 12.8 Å². The van der Waals surface area contributed by atoms with Crippen molar-refractivity contribution in [2.75, 3.05) is 12.4 Å². The molecule has 3 aliphatic heterocycles. The highest BCUT2D eigenvalue weighted by Gasteiger charge is 2.55. The molecule has 2 aromatic rings. The molecule has 1 amide bonds. The van der Waals surface area contributed by atoms with E-state index >= 15 is 0 Å². The molecule has 3 aliphatic rings. The summed E-state index contributed by atoms with van der Waals surface area (Å²) in [4.78, 5) is 66.2. The number of amides is 1. The lowest BCUT2D eigenvalue weighted by Crippen LogP contribution is -2.51. The molecular formula is C21H25N5O10S. The third kappa shape index (κ3) is 4.38. The molecule has 200 valence electrons. The average molecular weight is 540 g/mol. The van der Waals surface area contributed by atoms with E-state index in [2.05, 4.69) is 4.98 Å². The van der Waals surface area contributed by atoms with E-state index in [0.29, 0.717) is 5.56 Å². The van der Waals surface area contributed by atoms with E-state index in [4.69, 9.17) is 9.47 Å². The van der Waals surface area contributed by atoms with E-state index in [1.807, 2.05) is 4.98 Å². The molecule has 3 fully saturated rings. The summed E-state index contributed by atoms with van der Waals surface area (Å²) < 4.78 is 13.8.